The molecule has 0 bridgehead atoms. The van der Waals surface area contributed by atoms with E-state index in [2.05, 4.69) is 5.10 Å². The van der Waals surface area contributed by atoms with Crippen molar-refractivity contribution in [1.29, 1.82) is 0 Å². The van der Waals surface area contributed by atoms with Gasteiger partial charge in [0.25, 0.3) is 5.69 Å². The van der Waals surface area contributed by atoms with Crippen LogP contribution < -0.4 is 4.74 Å². The first kappa shape index (κ1) is 12.0. The Morgan fingerprint density at radius 2 is 2.28 bits per heavy atom. The maximum absolute atomic E-state index is 13.5. The van der Waals surface area contributed by atoms with Gasteiger partial charge in [-0.1, -0.05) is 0 Å². The summed E-state index contributed by atoms with van der Waals surface area (Å²) < 4.78 is 20.3. The Bertz CT molecular complexity index is 583. The summed E-state index contributed by atoms with van der Waals surface area (Å²) in [4.78, 5) is 9.78. The molecule has 0 radical (unpaired) electrons. The molecule has 0 spiro atoms. The van der Waals surface area contributed by atoms with Gasteiger partial charge in [-0.3, -0.25) is 14.8 Å². The van der Waals surface area contributed by atoms with Crippen molar-refractivity contribution in [2.45, 2.75) is 6.61 Å². The van der Waals surface area contributed by atoms with Crippen LogP contribution in [0.1, 0.15) is 5.69 Å². The van der Waals surface area contributed by atoms with E-state index in [1.807, 2.05) is 0 Å². The first-order valence-corrected chi connectivity index (χ1v) is 5.11. The molecular weight excluding hydrogens is 241 g/mol. The highest BCUT2D eigenvalue weighted by Crippen LogP contribution is 2.23. The number of aromatic nitrogens is 2. The van der Waals surface area contributed by atoms with E-state index in [0.717, 1.165) is 11.8 Å². The van der Waals surface area contributed by atoms with E-state index in [-0.39, 0.29) is 18.0 Å². The number of halogens is 1. The fourth-order valence-corrected chi connectivity index (χ4v) is 1.41. The summed E-state index contributed by atoms with van der Waals surface area (Å²) in [7, 11) is 1.74. The predicted octanol–water partition coefficient (Wildman–Crippen LogP) is 2.05. The van der Waals surface area contributed by atoms with E-state index < -0.39 is 10.7 Å². The molecule has 6 nitrogen and oxygen atoms in total. The summed E-state index contributed by atoms with van der Waals surface area (Å²) in [6.07, 6.45) is 1.60. The lowest BCUT2D eigenvalue weighted by atomic mass is 10.3. The Balaban J connectivity index is 2.11. The van der Waals surface area contributed by atoms with Crippen molar-refractivity contribution >= 4 is 5.69 Å². The number of nitro groups is 1. The summed E-state index contributed by atoms with van der Waals surface area (Å²) >= 11 is 0. The number of non-ortho nitro benzene ring substituents is 1. The number of ether oxygens (including phenoxy) is 1. The molecule has 0 atom stereocenters. The van der Waals surface area contributed by atoms with Gasteiger partial charge in [-0.25, -0.2) is 4.39 Å². The normalized spacial score (nSPS) is 10.3. The topological polar surface area (TPSA) is 70.2 Å². The standard InChI is InChI=1S/C11H10FN3O3/c1-14-9(4-5-13-14)7-18-11-3-2-8(15(16)17)6-10(11)12/h2-6H,7H2,1H3. The maximum Gasteiger partial charge on any atom is 0.272 e. The summed E-state index contributed by atoms with van der Waals surface area (Å²) in [6.45, 7) is 0.144. The SMILES string of the molecule is Cn1nccc1COc1ccc([N+](=O)[O-])cc1F. The van der Waals surface area contributed by atoms with Crippen molar-refractivity contribution in [3.63, 3.8) is 0 Å². The molecule has 0 aliphatic rings. The Morgan fingerprint density at radius 1 is 1.50 bits per heavy atom. The molecule has 2 aromatic rings. The van der Waals surface area contributed by atoms with Crippen LogP contribution in [0.2, 0.25) is 0 Å². The smallest absolute Gasteiger partial charge is 0.272 e. The van der Waals surface area contributed by atoms with E-state index in [1.54, 1.807) is 24.0 Å². The molecule has 1 aromatic carbocycles. The number of hydrogen-bond donors (Lipinski definition) is 0. The third-order valence-corrected chi connectivity index (χ3v) is 2.42. The van der Waals surface area contributed by atoms with Gasteiger partial charge in [0, 0.05) is 19.3 Å². The van der Waals surface area contributed by atoms with E-state index in [4.69, 9.17) is 4.74 Å². The van der Waals surface area contributed by atoms with E-state index in [9.17, 15) is 14.5 Å². The Morgan fingerprint density at radius 3 is 2.83 bits per heavy atom. The van der Waals surface area contributed by atoms with Crippen molar-refractivity contribution in [2.24, 2.45) is 7.05 Å². The molecule has 0 saturated heterocycles. The zero-order valence-corrected chi connectivity index (χ0v) is 9.54. The predicted molar refractivity (Wildman–Crippen MR) is 60.6 cm³/mol. The lowest BCUT2D eigenvalue weighted by Gasteiger charge is -2.07. The minimum absolute atomic E-state index is 0.0261. The van der Waals surface area contributed by atoms with Crippen LogP contribution >= 0.6 is 0 Å². The number of rotatable bonds is 4. The molecule has 0 fully saturated rings. The summed E-state index contributed by atoms with van der Waals surface area (Å²) in [5.74, 6) is -0.784. The second-order valence-electron chi connectivity index (χ2n) is 3.61. The monoisotopic (exact) mass is 251 g/mol. The molecule has 0 amide bonds. The average Bonchev–Trinajstić information content (AvgIpc) is 2.73. The fraction of sp³-hybridized carbons (Fsp3) is 0.182. The molecule has 1 aromatic heterocycles. The molecule has 0 N–H and O–H groups in total. The first-order valence-electron chi connectivity index (χ1n) is 5.11. The number of nitrogens with zero attached hydrogens (tertiary/aromatic N) is 3. The van der Waals surface area contributed by atoms with Gasteiger partial charge in [0.05, 0.1) is 16.7 Å². The van der Waals surface area contributed by atoms with Crippen LogP contribution in [0, 0.1) is 15.9 Å². The van der Waals surface area contributed by atoms with Crippen LogP contribution in [0.15, 0.2) is 30.5 Å². The van der Waals surface area contributed by atoms with E-state index >= 15 is 0 Å². The van der Waals surface area contributed by atoms with Gasteiger partial charge >= 0.3 is 0 Å². The lowest BCUT2D eigenvalue weighted by Crippen LogP contribution is -2.04. The molecule has 94 valence electrons. The molecule has 0 saturated carbocycles. The van der Waals surface area contributed by atoms with Crippen LogP contribution in [0.5, 0.6) is 5.75 Å². The molecule has 7 heteroatoms. The van der Waals surface area contributed by atoms with Gasteiger partial charge in [-0.2, -0.15) is 5.10 Å². The number of benzene rings is 1. The molecule has 2 rings (SSSR count). The zero-order chi connectivity index (χ0) is 13.1. The minimum Gasteiger partial charge on any atom is -0.484 e. The minimum atomic E-state index is -0.758. The molecule has 18 heavy (non-hydrogen) atoms. The van der Waals surface area contributed by atoms with Crippen LogP contribution in [-0.4, -0.2) is 14.7 Å². The fourth-order valence-electron chi connectivity index (χ4n) is 1.41. The van der Waals surface area contributed by atoms with Crippen LogP contribution in [0.4, 0.5) is 10.1 Å². The average molecular weight is 251 g/mol. The molecule has 0 aliphatic heterocycles. The summed E-state index contributed by atoms with van der Waals surface area (Å²) in [5, 5.41) is 14.4. The summed E-state index contributed by atoms with van der Waals surface area (Å²) in [6, 6.07) is 5.01. The Kier molecular flexibility index (Phi) is 3.22. The molecular formula is C11H10FN3O3. The Hall–Kier alpha value is -2.44. The maximum atomic E-state index is 13.5. The van der Waals surface area contributed by atoms with E-state index in [0.29, 0.717) is 0 Å². The van der Waals surface area contributed by atoms with Crippen molar-refractivity contribution in [3.8, 4) is 5.75 Å². The third-order valence-electron chi connectivity index (χ3n) is 2.42. The second-order valence-corrected chi connectivity index (χ2v) is 3.61. The van der Waals surface area contributed by atoms with Gasteiger partial charge in [-0.15, -0.1) is 0 Å². The van der Waals surface area contributed by atoms with Gasteiger partial charge in [0.1, 0.15) is 6.61 Å². The van der Waals surface area contributed by atoms with Crippen LogP contribution in [0.3, 0.4) is 0 Å². The highest BCUT2D eigenvalue weighted by atomic mass is 19.1. The number of nitro benzene ring substituents is 1. The number of aryl methyl sites for hydroxylation is 1. The van der Waals surface area contributed by atoms with E-state index in [1.165, 1.54) is 12.1 Å². The van der Waals surface area contributed by atoms with Crippen LogP contribution in [0.25, 0.3) is 0 Å². The quantitative estimate of drug-likeness (QED) is 0.616. The van der Waals surface area contributed by atoms with Crippen LogP contribution in [-0.2, 0) is 13.7 Å². The van der Waals surface area contributed by atoms with Gasteiger partial charge < -0.3 is 4.74 Å². The number of hydrogen-bond acceptors (Lipinski definition) is 4. The lowest BCUT2D eigenvalue weighted by molar-refractivity contribution is -0.385. The molecule has 0 unspecified atom stereocenters. The van der Waals surface area contributed by atoms with Crippen molar-refractivity contribution in [3.05, 3.63) is 52.1 Å². The first-order chi connectivity index (χ1) is 8.58. The zero-order valence-electron chi connectivity index (χ0n) is 9.54. The molecule has 1 heterocycles. The largest absolute Gasteiger partial charge is 0.484 e. The highest BCUT2D eigenvalue weighted by molar-refractivity contribution is 5.37. The van der Waals surface area contributed by atoms with Crippen molar-refractivity contribution in [1.82, 2.24) is 9.78 Å². The van der Waals surface area contributed by atoms with Gasteiger partial charge in [0.2, 0.25) is 0 Å². The molecule has 0 aliphatic carbocycles. The van der Waals surface area contributed by atoms with Crippen molar-refractivity contribution in [2.75, 3.05) is 0 Å². The third kappa shape index (κ3) is 2.45. The van der Waals surface area contributed by atoms with Crippen molar-refractivity contribution < 1.29 is 14.1 Å². The Labute approximate surface area is 102 Å². The summed E-state index contributed by atoms with van der Waals surface area (Å²) in [5.41, 5.74) is 0.466. The highest BCUT2D eigenvalue weighted by Gasteiger charge is 2.12. The van der Waals surface area contributed by atoms with Gasteiger partial charge in [-0.05, 0) is 12.1 Å². The van der Waals surface area contributed by atoms with Gasteiger partial charge in [0.15, 0.2) is 11.6 Å². The second kappa shape index (κ2) is 4.82.